The van der Waals surface area contributed by atoms with E-state index in [1.165, 1.54) is 7.11 Å². The third kappa shape index (κ3) is 3.20. The Balaban J connectivity index is 4.21. The number of nitrogens with zero attached hydrogens (tertiary/aromatic N) is 1. The van der Waals surface area contributed by atoms with Crippen molar-refractivity contribution in [1.82, 2.24) is 0 Å². The third-order valence-electron chi connectivity index (χ3n) is 1.43. The lowest BCUT2D eigenvalue weighted by Gasteiger charge is -2.14. The second-order valence-corrected chi connectivity index (χ2v) is 3.27. The number of rotatable bonds is 3. The van der Waals surface area contributed by atoms with Gasteiger partial charge in [0.25, 0.3) is 0 Å². The third-order valence-corrected chi connectivity index (χ3v) is 1.43. The molecule has 0 unspecified atom stereocenters. The quantitative estimate of drug-likeness (QED) is 0.474. The van der Waals surface area contributed by atoms with Gasteiger partial charge in [0.2, 0.25) is 0 Å². The van der Waals surface area contributed by atoms with E-state index < -0.39 is 11.4 Å². The minimum absolute atomic E-state index is 0.337. The Hall–Kier alpha value is -1.30. The van der Waals surface area contributed by atoms with Gasteiger partial charge in [-0.1, -0.05) is 6.58 Å². The number of carbonyl (C=O) groups excluding carboxylic acids is 1. The summed E-state index contributed by atoms with van der Waals surface area (Å²) in [5, 5.41) is 8.65. The summed E-state index contributed by atoms with van der Waals surface area (Å²) in [7, 11) is 1.30. The lowest BCUT2D eigenvalue weighted by Crippen LogP contribution is -2.14. The van der Waals surface area contributed by atoms with Crippen LogP contribution >= 0.6 is 0 Å². The molecular weight excluding hydrogens is 154 g/mol. The van der Waals surface area contributed by atoms with Crippen molar-refractivity contribution in [1.29, 1.82) is 5.26 Å². The smallest absolute Gasteiger partial charge is 0.333 e. The molecule has 0 atom stereocenters. The van der Waals surface area contributed by atoms with Crippen molar-refractivity contribution in [2.24, 2.45) is 5.41 Å². The molecule has 0 saturated heterocycles. The van der Waals surface area contributed by atoms with Crippen LogP contribution in [0.5, 0.6) is 0 Å². The van der Waals surface area contributed by atoms with E-state index in [0.29, 0.717) is 12.0 Å². The topological polar surface area (TPSA) is 50.1 Å². The van der Waals surface area contributed by atoms with E-state index in [0.717, 1.165) is 0 Å². The maximum absolute atomic E-state index is 10.9. The lowest BCUT2D eigenvalue weighted by atomic mass is 9.88. The molecule has 3 nitrogen and oxygen atoms in total. The van der Waals surface area contributed by atoms with Gasteiger partial charge < -0.3 is 4.74 Å². The molecule has 0 aromatic carbocycles. The molecule has 0 aromatic rings. The molecule has 0 amide bonds. The summed E-state index contributed by atoms with van der Waals surface area (Å²) in [5.74, 6) is -0.446. The molecule has 0 fully saturated rings. The molecule has 3 heteroatoms. The second-order valence-electron chi connectivity index (χ2n) is 3.27. The molecule has 0 heterocycles. The van der Waals surface area contributed by atoms with Gasteiger partial charge in [-0.15, -0.1) is 0 Å². The average molecular weight is 167 g/mol. The number of hydrogen-bond acceptors (Lipinski definition) is 3. The van der Waals surface area contributed by atoms with E-state index in [9.17, 15) is 4.79 Å². The minimum Gasteiger partial charge on any atom is -0.466 e. The van der Waals surface area contributed by atoms with Crippen LogP contribution in [0.25, 0.3) is 0 Å². The molecule has 0 rings (SSSR count). The van der Waals surface area contributed by atoms with Crippen molar-refractivity contribution >= 4 is 5.97 Å². The van der Waals surface area contributed by atoms with Gasteiger partial charge in [0.15, 0.2) is 0 Å². The predicted molar refractivity (Wildman–Crippen MR) is 45.2 cm³/mol. The summed E-state index contributed by atoms with van der Waals surface area (Å²) in [5.41, 5.74) is -0.213. The summed E-state index contributed by atoms with van der Waals surface area (Å²) in [4.78, 5) is 10.9. The summed E-state index contributed by atoms with van der Waals surface area (Å²) in [6.45, 7) is 7.04. The van der Waals surface area contributed by atoms with Crippen LogP contribution < -0.4 is 0 Å². The second kappa shape index (κ2) is 3.91. The number of esters is 1. The first kappa shape index (κ1) is 10.7. The van der Waals surface area contributed by atoms with Crippen molar-refractivity contribution in [3.05, 3.63) is 12.2 Å². The van der Waals surface area contributed by atoms with E-state index in [1.807, 2.05) is 0 Å². The van der Waals surface area contributed by atoms with Gasteiger partial charge in [-0.05, 0) is 20.3 Å². The zero-order chi connectivity index (χ0) is 9.78. The van der Waals surface area contributed by atoms with Crippen molar-refractivity contribution < 1.29 is 9.53 Å². The zero-order valence-corrected chi connectivity index (χ0v) is 7.68. The van der Waals surface area contributed by atoms with Crippen LogP contribution in [0.15, 0.2) is 12.2 Å². The molecule has 0 aromatic heterocycles. The van der Waals surface area contributed by atoms with Crippen molar-refractivity contribution in [2.75, 3.05) is 7.11 Å². The molecule has 0 aliphatic heterocycles. The largest absolute Gasteiger partial charge is 0.466 e. The summed E-state index contributed by atoms with van der Waals surface area (Å²) in [6, 6.07) is 2.08. The van der Waals surface area contributed by atoms with E-state index in [2.05, 4.69) is 17.4 Å². The molecule has 0 saturated carbocycles. The highest BCUT2D eigenvalue weighted by Crippen LogP contribution is 2.23. The Labute approximate surface area is 72.6 Å². The van der Waals surface area contributed by atoms with E-state index in [1.54, 1.807) is 13.8 Å². The van der Waals surface area contributed by atoms with Crippen LogP contribution in [0.2, 0.25) is 0 Å². The maximum atomic E-state index is 10.9. The molecule has 0 radical (unpaired) electrons. The van der Waals surface area contributed by atoms with Crippen LogP contribution in [-0.2, 0) is 9.53 Å². The fourth-order valence-corrected chi connectivity index (χ4v) is 0.790. The highest BCUT2D eigenvalue weighted by Gasteiger charge is 2.21. The van der Waals surface area contributed by atoms with E-state index in [-0.39, 0.29) is 0 Å². The predicted octanol–water partition coefficient (Wildman–Crippen LogP) is 1.66. The Morgan fingerprint density at radius 3 is 2.50 bits per heavy atom. The van der Waals surface area contributed by atoms with Gasteiger partial charge in [0.05, 0.1) is 18.6 Å². The van der Waals surface area contributed by atoms with Gasteiger partial charge >= 0.3 is 5.97 Å². The monoisotopic (exact) mass is 167 g/mol. The van der Waals surface area contributed by atoms with Crippen molar-refractivity contribution in [2.45, 2.75) is 20.3 Å². The van der Waals surface area contributed by atoms with Gasteiger partial charge in [-0.3, -0.25) is 0 Å². The number of carbonyl (C=O) groups is 1. The van der Waals surface area contributed by atoms with Crippen LogP contribution in [0.3, 0.4) is 0 Å². The fourth-order valence-electron chi connectivity index (χ4n) is 0.790. The Kier molecular flexibility index (Phi) is 3.49. The highest BCUT2D eigenvalue weighted by molar-refractivity contribution is 5.87. The molecule has 0 N–H and O–H groups in total. The molecule has 0 bridgehead atoms. The maximum Gasteiger partial charge on any atom is 0.333 e. The van der Waals surface area contributed by atoms with Gasteiger partial charge in [0.1, 0.15) is 0 Å². The number of nitriles is 1. The van der Waals surface area contributed by atoms with Crippen LogP contribution in [0, 0.1) is 16.7 Å². The SMILES string of the molecule is C=C(CC(C)(C)C#N)C(=O)OC. The number of ether oxygens (including phenoxy) is 1. The van der Waals surface area contributed by atoms with Crippen LogP contribution in [-0.4, -0.2) is 13.1 Å². The molecule has 0 aliphatic carbocycles. The lowest BCUT2D eigenvalue weighted by molar-refractivity contribution is -0.136. The summed E-state index contributed by atoms with van der Waals surface area (Å²) >= 11 is 0. The molecule has 0 aliphatic rings. The molecular formula is C9H13NO2. The first-order valence-corrected chi connectivity index (χ1v) is 3.60. The zero-order valence-electron chi connectivity index (χ0n) is 7.68. The average Bonchev–Trinajstić information content (AvgIpc) is 2.02. The summed E-state index contributed by atoms with van der Waals surface area (Å²) < 4.78 is 4.45. The van der Waals surface area contributed by atoms with Gasteiger partial charge in [0, 0.05) is 5.57 Å². The summed E-state index contributed by atoms with van der Waals surface area (Å²) in [6.07, 6.45) is 0.343. The van der Waals surface area contributed by atoms with Crippen LogP contribution in [0.1, 0.15) is 20.3 Å². The van der Waals surface area contributed by atoms with Crippen LogP contribution in [0.4, 0.5) is 0 Å². The Morgan fingerprint density at radius 2 is 2.17 bits per heavy atom. The van der Waals surface area contributed by atoms with Gasteiger partial charge in [-0.2, -0.15) is 5.26 Å². The minimum atomic E-state index is -0.550. The normalized spacial score (nSPS) is 10.2. The Bertz CT molecular complexity index is 235. The first-order valence-electron chi connectivity index (χ1n) is 3.60. The molecule has 12 heavy (non-hydrogen) atoms. The molecule has 66 valence electrons. The first-order chi connectivity index (χ1) is 5.43. The number of methoxy groups -OCH3 is 1. The van der Waals surface area contributed by atoms with Gasteiger partial charge in [-0.25, -0.2) is 4.79 Å². The number of hydrogen-bond donors (Lipinski definition) is 0. The highest BCUT2D eigenvalue weighted by atomic mass is 16.5. The molecule has 0 spiro atoms. The van der Waals surface area contributed by atoms with E-state index in [4.69, 9.17) is 5.26 Å². The fraction of sp³-hybridized carbons (Fsp3) is 0.556. The van der Waals surface area contributed by atoms with Crippen molar-refractivity contribution in [3.8, 4) is 6.07 Å². The van der Waals surface area contributed by atoms with Crippen molar-refractivity contribution in [3.63, 3.8) is 0 Å². The Morgan fingerprint density at radius 1 is 1.67 bits per heavy atom. The van der Waals surface area contributed by atoms with E-state index >= 15 is 0 Å². The standard InChI is InChI=1S/C9H13NO2/c1-7(8(11)12-4)5-9(2,3)6-10/h1,5H2,2-4H3.